The van der Waals surface area contributed by atoms with E-state index in [-0.39, 0.29) is 5.78 Å². The van der Waals surface area contributed by atoms with Crippen molar-refractivity contribution < 1.29 is 4.79 Å². The predicted molar refractivity (Wildman–Crippen MR) is 62.3 cm³/mol. The Bertz CT molecular complexity index is 502. The van der Waals surface area contributed by atoms with E-state index in [0.29, 0.717) is 5.01 Å². The van der Waals surface area contributed by atoms with E-state index in [2.05, 4.69) is 4.98 Å². The number of hydrogen-bond acceptors (Lipinski definition) is 3. The number of thiazole rings is 1. The van der Waals surface area contributed by atoms with Crippen LogP contribution in [0, 0.1) is 6.92 Å². The van der Waals surface area contributed by atoms with Crippen molar-refractivity contribution in [1.29, 1.82) is 0 Å². The van der Waals surface area contributed by atoms with Gasteiger partial charge < -0.3 is 0 Å². The average Bonchev–Trinajstić information content (AvgIpc) is 2.67. The van der Waals surface area contributed by atoms with E-state index in [4.69, 9.17) is 0 Å². The zero-order chi connectivity index (χ0) is 10.8. The number of hydrogen-bond donors (Lipinski definition) is 0. The molecule has 15 heavy (non-hydrogen) atoms. The molecule has 1 aromatic heterocycles. The van der Waals surface area contributed by atoms with Gasteiger partial charge in [0.05, 0.1) is 5.69 Å². The van der Waals surface area contributed by atoms with Crippen molar-refractivity contribution in [2.45, 2.75) is 13.8 Å². The van der Waals surface area contributed by atoms with E-state index < -0.39 is 0 Å². The van der Waals surface area contributed by atoms with Crippen LogP contribution in [0.1, 0.15) is 22.3 Å². The summed E-state index contributed by atoms with van der Waals surface area (Å²) in [4.78, 5) is 15.4. The van der Waals surface area contributed by atoms with Gasteiger partial charge in [-0.1, -0.05) is 24.3 Å². The molecule has 0 N–H and O–H groups in total. The summed E-state index contributed by atoms with van der Waals surface area (Å²) >= 11 is 1.40. The SMILES string of the molecule is CC(=O)c1nc(-c2ccccc2C)cs1. The van der Waals surface area contributed by atoms with Crippen LogP contribution < -0.4 is 0 Å². The Labute approximate surface area is 92.6 Å². The Hall–Kier alpha value is -1.48. The second-order valence-electron chi connectivity index (χ2n) is 3.41. The molecule has 0 aliphatic carbocycles. The smallest absolute Gasteiger partial charge is 0.188 e. The number of benzene rings is 1. The Morgan fingerprint density at radius 2 is 2.07 bits per heavy atom. The van der Waals surface area contributed by atoms with Crippen LogP contribution in [0.25, 0.3) is 11.3 Å². The summed E-state index contributed by atoms with van der Waals surface area (Å²) in [5, 5.41) is 2.51. The number of rotatable bonds is 2. The highest BCUT2D eigenvalue weighted by Crippen LogP contribution is 2.24. The van der Waals surface area contributed by atoms with Crippen molar-refractivity contribution in [1.82, 2.24) is 4.98 Å². The van der Waals surface area contributed by atoms with Crippen molar-refractivity contribution in [3.05, 3.63) is 40.2 Å². The number of carbonyl (C=O) groups is 1. The minimum Gasteiger partial charge on any atom is -0.292 e. The van der Waals surface area contributed by atoms with Crippen LogP contribution >= 0.6 is 11.3 Å². The molecule has 0 aliphatic rings. The Morgan fingerprint density at radius 3 is 2.67 bits per heavy atom. The molecule has 0 bridgehead atoms. The summed E-state index contributed by atoms with van der Waals surface area (Å²) in [6.07, 6.45) is 0. The lowest BCUT2D eigenvalue weighted by atomic mass is 10.1. The number of ketones is 1. The molecule has 76 valence electrons. The molecule has 0 fully saturated rings. The molecular weight excluding hydrogens is 206 g/mol. The topological polar surface area (TPSA) is 30.0 Å². The molecule has 0 saturated heterocycles. The van der Waals surface area contributed by atoms with E-state index in [1.807, 2.05) is 36.6 Å². The quantitative estimate of drug-likeness (QED) is 0.722. The molecule has 2 aromatic rings. The average molecular weight is 217 g/mol. The fourth-order valence-corrected chi connectivity index (χ4v) is 2.14. The third-order valence-corrected chi connectivity index (χ3v) is 3.17. The van der Waals surface area contributed by atoms with Gasteiger partial charge in [0.15, 0.2) is 10.8 Å². The van der Waals surface area contributed by atoms with Crippen LogP contribution in [0.3, 0.4) is 0 Å². The van der Waals surface area contributed by atoms with Crippen molar-refractivity contribution in [2.24, 2.45) is 0 Å². The Balaban J connectivity index is 2.46. The van der Waals surface area contributed by atoms with Gasteiger partial charge in [-0.3, -0.25) is 4.79 Å². The predicted octanol–water partition coefficient (Wildman–Crippen LogP) is 3.32. The highest BCUT2D eigenvalue weighted by molar-refractivity contribution is 7.12. The van der Waals surface area contributed by atoms with Gasteiger partial charge in [0.2, 0.25) is 0 Å². The van der Waals surface area contributed by atoms with E-state index >= 15 is 0 Å². The van der Waals surface area contributed by atoms with E-state index in [1.165, 1.54) is 16.9 Å². The van der Waals surface area contributed by atoms with Gasteiger partial charge in [-0.15, -0.1) is 11.3 Å². The van der Waals surface area contributed by atoms with Crippen LogP contribution in [0.5, 0.6) is 0 Å². The van der Waals surface area contributed by atoms with E-state index in [1.54, 1.807) is 6.92 Å². The van der Waals surface area contributed by atoms with Crippen LogP contribution in [0.4, 0.5) is 0 Å². The lowest BCUT2D eigenvalue weighted by molar-refractivity contribution is 0.101. The number of carbonyl (C=O) groups excluding carboxylic acids is 1. The fourth-order valence-electron chi connectivity index (χ4n) is 1.42. The molecule has 0 spiro atoms. The minimum atomic E-state index is 0.0276. The minimum absolute atomic E-state index is 0.0276. The molecule has 2 nitrogen and oxygen atoms in total. The first-order chi connectivity index (χ1) is 7.18. The van der Waals surface area contributed by atoms with Crippen LogP contribution in [0.2, 0.25) is 0 Å². The third kappa shape index (κ3) is 1.97. The first-order valence-corrected chi connectivity index (χ1v) is 5.59. The molecule has 0 radical (unpaired) electrons. The highest BCUT2D eigenvalue weighted by Gasteiger charge is 2.08. The van der Waals surface area contributed by atoms with E-state index in [9.17, 15) is 4.79 Å². The fraction of sp³-hybridized carbons (Fsp3) is 0.167. The summed E-state index contributed by atoms with van der Waals surface area (Å²) in [6.45, 7) is 3.59. The first-order valence-electron chi connectivity index (χ1n) is 4.71. The van der Waals surface area contributed by atoms with Crippen LogP contribution in [-0.4, -0.2) is 10.8 Å². The highest BCUT2D eigenvalue weighted by atomic mass is 32.1. The molecule has 0 saturated carbocycles. The van der Waals surface area contributed by atoms with Gasteiger partial charge in [-0.2, -0.15) is 0 Å². The maximum atomic E-state index is 11.1. The van der Waals surface area contributed by atoms with Gasteiger partial charge in [0.25, 0.3) is 0 Å². The molecule has 0 amide bonds. The summed E-state index contributed by atoms with van der Waals surface area (Å²) in [5.74, 6) is 0.0276. The second-order valence-corrected chi connectivity index (χ2v) is 4.27. The van der Waals surface area contributed by atoms with Crippen LogP contribution in [-0.2, 0) is 0 Å². The van der Waals surface area contributed by atoms with Crippen molar-refractivity contribution in [2.75, 3.05) is 0 Å². The van der Waals surface area contributed by atoms with Crippen molar-refractivity contribution in [3.63, 3.8) is 0 Å². The summed E-state index contributed by atoms with van der Waals surface area (Å²) in [7, 11) is 0. The Morgan fingerprint density at radius 1 is 1.33 bits per heavy atom. The number of nitrogens with zero attached hydrogens (tertiary/aromatic N) is 1. The van der Waals surface area contributed by atoms with Crippen molar-refractivity contribution in [3.8, 4) is 11.3 Å². The molecule has 0 unspecified atom stereocenters. The van der Waals surface area contributed by atoms with Crippen LogP contribution in [0.15, 0.2) is 29.6 Å². The molecule has 3 heteroatoms. The normalized spacial score (nSPS) is 10.3. The van der Waals surface area contributed by atoms with Gasteiger partial charge in [-0.25, -0.2) is 4.98 Å². The molecule has 2 rings (SSSR count). The standard InChI is InChI=1S/C12H11NOS/c1-8-5-3-4-6-10(8)11-7-15-12(13-11)9(2)14/h3-7H,1-2H3. The Kier molecular flexibility index (Phi) is 2.64. The maximum absolute atomic E-state index is 11.1. The lowest BCUT2D eigenvalue weighted by Gasteiger charge is -2.00. The van der Waals surface area contributed by atoms with Gasteiger partial charge in [0.1, 0.15) is 0 Å². The van der Waals surface area contributed by atoms with Crippen molar-refractivity contribution >= 4 is 17.1 Å². The third-order valence-electron chi connectivity index (χ3n) is 2.23. The monoisotopic (exact) mass is 217 g/mol. The largest absolute Gasteiger partial charge is 0.292 e. The van der Waals surface area contributed by atoms with Gasteiger partial charge >= 0.3 is 0 Å². The van der Waals surface area contributed by atoms with Gasteiger partial charge in [0, 0.05) is 17.9 Å². The van der Waals surface area contributed by atoms with E-state index in [0.717, 1.165) is 11.3 Å². The number of aromatic nitrogens is 1. The maximum Gasteiger partial charge on any atom is 0.188 e. The summed E-state index contributed by atoms with van der Waals surface area (Å²) in [5.41, 5.74) is 3.17. The molecular formula is C12H11NOS. The molecule has 1 heterocycles. The van der Waals surface area contributed by atoms with Gasteiger partial charge in [-0.05, 0) is 12.5 Å². The zero-order valence-corrected chi connectivity index (χ0v) is 9.47. The summed E-state index contributed by atoms with van der Waals surface area (Å²) in [6, 6.07) is 8.04. The molecule has 0 aliphatic heterocycles. The lowest BCUT2D eigenvalue weighted by Crippen LogP contribution is -1.90. The first kappa shape index (κ1) is 10.1. The summed E-state index contributed by atoms with van der Waals surface area (Å²) < 4.78 is 0. The number of aryl methyl sites for hydroxylation is 1. The molecule has 1 aromatic carbocycles. The number of Topliss-reactive ketones (excluding diaryl/α,β-unsaturated/α-hetero) is 1. The second kappa shape index (κ2) is 3.95. The molecule has 0 atom stereocenters. The zero-order valence-electron chi connectivity index (χ0n) is 8.65.